The zero-order chi connectivity index (χ0) is 80.0. The van der Waals surface area contributed by atoms with Crippen molar-refractivity contribution in [1.82, 2.24) is 0 Å². The summed E-state index contributed by atoms with van der Waals surface area (Å²) in [6.07, 6.45) is 6.98. The number of esters is 16. The van der Waals surface area contributed by atoms with Crippen LogP contribution < -0.4 is 22.9 Å². The first-order valence-electron chi connectivity index (χ1n) is 37.0. The molecular weight excluding hydrogens is 1500 g/mol. The maximum absolute atomic E-state index is 12.4. The van der Waals surface area contributed by atoms with Crippen LogP contribution in [0.25, 0.3) is 0 Å². The van der Waals surface area contributed by atoms with Crippen molar-refractivity contribution >= 4 is 132 Å². The van der Waals surface area contributed by atoms with Crippen molar-refractivity contribution < 1.29 is 149 Å². The van der Waals surface area contributed by atoms with E-state index in [4.69, 9.17) is 86.1 Å². The van der Waals surface area contributed by atoms with Crippen molar-refractivity contribution in [2.45, 2.75) is 179 Å². The second kappa shape index (κ2) is 45.7. The van der Waals surface area contributed by atoms with Crippen molar-refractivity contribution in [2.75, 3.05) is 68.8 Å². The fourth-order valence-corrected chi connectivity index (χ4v) is 26.0. The lowest BCUT2D eigenvalue weighted by atomic mass is 9.78. The molecule has 0 amide bonds. The lowest BCUT2D eigenvalue weighted by molar-refractivity contribution is -0.156. The van der Waals surface area contributed by atoms with Gasteiger partial charge in [-0.1, -0.05) is 26.7 Å². The molecule has 8 rings (SSSR count). The Labute approximate surface area is 632 Å². The Hall–Kier alpha value is -6.49. The first-order chi connectivity index (χ1) is 51.5. The summed E-state index contributed by atoms with van der Waals surface area (Å²) in [4.78, 5) is 193. The lowest BCUT2D eigenvalue weighted by Crippen LogP contribution is -2.49. The quantitative estimate of drug-likeness (QED) is 0.0293. The minimum atomic E-state index is -2.58. The van der Waals surface area contributed by atoms with Gasteiger partial charge in [0.25, 0.3) is 0 Å². The highest BCUT2D eigenvalue weighted by molar-refractivity contribution is 6.69. The van der Waals surface area contributed by atoms with E-state index in [0.717, 1.165) is 49.9 Å². The number of hydrogen-bond acceptors (Lipinski definition) is 36. The number of hydrogen-bond donors (Lipinski definition) is 4. The molecule has 16 atom stereocenters. The molecule has 0 aromatic heterocycles. The summed E-state index contributed by atoms with van der Waals surface area (Å²) >= 11 is 0. The Balaban J connectivity index is 0.000000276. The van der Waals surface area contributed by atoms with Crippen LogP contribution in [0, 0.1) is 82.9 Å². The van der Waals surface area contributed by atoms with E-state index in [2.05, 4.69) is 9.47 Å². The lowest BCUT2D eigenvalue weighted by Gasteiger charge is -2.30. The third-order valence-corrected chi connectivity index (χ3v) is 32.9. The molecule has 36 nitrogen and oxygen atoms in total. The summed E-state index contributed by atoms with van der Waals surface area (Å²) < 4.78 is 82.4. The van der Waals surface area contributed by atoms with E-state index in [0.29, 0.717) is 51.9 Å². The molecule has 8 saturated heterocycles. The van der Waals surface area contributed by atoms with Gasteiger partial charge >= 0.3 is 132 Å². The van der Waals surface area contributed by atoms with Gasteiger partial charge < -0.3 is 95.6 Å². The molecule has 608 valence electrons. The number of nitrogens with two attached hydrogens (primary N) is 4. The molecule has 108 heavy (non-hydrogen) atoms. The van der Waals surface area contributed by atoms with Crippen LogP contribution in [-0.2, 0) is 149 Å². The van der Waals surface area contributed by atoms with Crippen molar-refractivity contribution in [3.05, 3.63) is 0 Å². The molecule has 0 aliphatic carbocycles. The average Bonchev–Trinajstić information content (AvgIpc) is 1.66. The molecule has 0 aromatic rings. The Bertz CT molecular complexity index is 2960. The molecule has 0 bridgehead atoms. The van der Waals surface area contributed by atoms with Crippen LogP contribution in [0.5, 0.6) is 0 Å². The van der Waals surface area contributed by atoms with Crippen LogP contribution >= 0.6 is 0 Å². The van der Waals surface area contributed by atoms with Crippen molar-refractivity contribution in [3.63, 3.8) is 0 Å². The van der Waals surface area contributed by atoms with Gasteiger partial charge in [-0.2, -0.15) is 0 Å². The van der Waals surface area contributed by atoms with Gasteiger partial charge in [0.15, 0.2) is 0 Å². The van der Waals surface area contributed by atoms with Gasteiger partial charge in [-0.3, -0.25) is 76.7 Å². The fraction of sp³-hybridized carbons (Fsp3) is 0.765. The summed E-state index contributed by atoms with van der Waals surface area (Å²) in [5, 5.41) is 0. The van der Waals surface area contributed by atoms with Gasteiger partial charge in [-0.25, -0.2) is 0 Å². The largest absolute Gasteiger partial charge is 0.491 e. The van der Waals surface area contributed by atoms with Gasteiger partial charge in [0, 0.05) is 54.7 Å². The van der Waals surface area contributed by atoms with Crippen LogP contribution in [0.2, 0.25) is 24.2 Å². The monoisotopic (exact) mass is 1600 g/mol. The van der Waals surface area contributed by atoms with E-state index in [1.807, 2.05) is 13.8 Å². The average molecular weight is 1610 g/mol. The van der Waals surface area contributed by atoms with Crippen LogP contribution in [0.1, 0.15) is 155 Å². The number of rotatable bonds is 44. The predicted octanol–water partition coefficient (Wildman–Crippen LogP) is 1.93. The highest BCUT2D eigenvalue weighted by Gasteiger charge is 2.54. The van der Waals surface area contributed by atoms with Crippen LogP contribution in [0.4, 0.5) is 0 Å². The Morgan fingerprint density at radius 3 is 0.667 bits per heavy atom. The van der Waals surface area contributed by atoms with Crippen molar-refractivity contribution in [1.29, 1.82) is 0 Å². The molecule has 40 heteroatoms. The molecule has 8 aliphatic rings. The molecule has 16 unspecified atom stereocenters. The minimum absolute atomic E-state index is 0.0647. The molecule has 0 aromatic carbocycles. The van der Waals surface area contributed by atoms with Crippen molar-refractivity contribution in [3.8, 4) is 0 Å². The predicted molar refractivity (Wildman–Crippen MR) is 376 cm³/mol. The van der Waals surface area contributed by atoms with Gasteiger partial charge in [0.2, 0.25) is 0 Å². The SMILES string of the molecule is CCCC1C(=O)OC(=O)C1CCC1C(=O)OC(=O)C1CCC1C(=O)OC(=O)C1CCC1CC(=O)OC1=O.CCCC1C(=O)OC(=O)C1CCC1C(=O)OC(=O)C1CCC1C(=O)OC(=O)C1CCC1CC(=O)OC1=O.CO[SiH](CCCN)O[Si](CCCN)(OC)OC.CO[SiH](CCCN)O[Si](CCCN)(OC)OC. The Morgan fingerprint density at radius 1 is 0.296 bits per heavy atom. The van der Waals surface area contributed by atoms with Crippen LogP contribution in [0.3, 0.4) is 0 Å². The molecule has 0 saturated carbocycles. The first-order valence-corrected chi connectivity index (χ1v) is 44.4. The zero-order valence-corrected chi connectivity index (χ0v) is 67.1. The van der Waals surface area contributed by atoms with E-state index in [1.165, 1.54) is 0 Å². The number of ether oxygens (including phenoxy) is 8. The maximum Gasteiger partial charge on any atom is 0.491 e. The molecule has 0 spiro atoms. The Kier molecular flexibility index (Phi) is 39.0. The summed E-state index contributed by atoms with van der Waals surface area (Å²) in [6, 6.07) is 3.20. The van der Waals surface area contributed by atoms with E-state index >= 15 is 0 Å². The highest BCUT2D eigenvalue weighted by Crippen LogP contribution is 2.43. The molecule has 8 N–H and O–H groups in total. The molecule has 8 heterocycles. The summed E-state index contributed by atoms with van der Waals surface area (Å²) in [5.41, 5.74) is 22.0. The molecule has 8 aliphatic heterocycles. The highest BCUT2D eigenvalue weighted by atomic mass is 28.4. The summed E-state index contributed by atoms with van der Waals surface area (Å²) in [5.74, 6) is -21.8. The normalized spacial score (nSPS) is 27.5. The topological polar surface area (TPSA) is 525 Å². The fourth-order valence-electron chi connectivity index (χ4n) is 14.5. The van der Waals surface area contributed by atoms with E-state index < -0.39 is 215 Å². The number of carbonyl (C=O) groups is 16. The van der Waals surface area contributed by atoms with Crippen LogP contribution in [-0.4, -0.2) is 201 Å². The Morgan fingerprint density at radius 2 is 0.500 bits per heavy atom. The number of cyclic esters (lactones) is 16. The van der Waals surface area contributed by atoms with Gasteiger partial charge in [-0.15, -0.1) is 0 Å². The zero-order valence-electron chi connectivity index (χ0n) is 62.8. The van der Waals surface area contributed by atoms with E-state index in [1.54, 1.807) is 42.7 Å². The van der Waals surface area contributed by atoms with Crippen molar-refractivity contribution in [2.24, 2.45) is 106 Å². The van der Waals surface area contributed by atoms with Gasteiger partial charge in [-0.05, 0) is 154 Å². The van der Waals surface area contributed by atoms with E-state index in [-0.39, 0.29) is 89.9 Å². The second-order valence-corrected chi connectivity index (χ2v) is 38.6. The molecular formula is C68H108N4O32Si4. The molecule has 0 radical (unpaired) electrons. The third kappa shape index (κ3) is 25.8. The second-order valence-electron chi connectivity index (χ2n) is 27.5. The first kappa shape index (κ1) is 92.1. The number of carbonyl (C=O) groups excluding carboxylic acids is 16. The molecule has 8 fully saturated rings. The van der Waals surface area contributed by atoms with Crippen LogP contribution in [0.15, 0.2) is 0 Å². The van der Waals surface area contributed by atoms with Gasteiger partial charge in [0.1, 0.15) is 0 Å². The third-order valence-electron chi connectivity index (χ3n) is 20.7. The summed E-state index contributed by atoms with van der Waals surface area (Å²) in [6.45, 7) is 6.25. The minimum Gasteiger partial charge on any atom is -0.400 e. The van der Waals surface area contributed by atoms with E-state index in [9.17, 15) is 76.7 Å². The maximum atomic E-state index is 12.4. The summed E-state index contributed by atoms with van der Waals surface area (Å²) in [7, 11) is 1.17. The standard InChI is InChI=1S/2C25H28O12.2C9H26N2O4Si2/c2*1-2-3-12-14(22(30)35-20(12)28)6-7-16-17(25(33)37-24(16)32)9-8-15-13(21(29)36-23(15)31)5-4-11-10-18(26)34-19(11)27;2*1-12-16(8-4-6-10)15-17(13-2,14-3)9-5-7-11/h2*11-17H,2-10H2,1H3;2*16H,4-11H2,1-3H3. The van der Waals surface area contributed by atoms with Gasteiger partial charge in [0.05, 0.1) is 95.7 Å². The smallest absolute Gasteiger partial charge is 0.400 e.